The number of nitriles is 1. The quantitative estimate of drug-likeness (QED) is 0.223. The Morgan fingerprint density at radius 1 is 0.763 bits per heavy atom. The van der Waals surface area contributed by atoms with Gasteiger partial charge in [0.25, 0.3) is 0 Å². The van der Waals surface area contributed by atoms with Crippen molar-refractivity contribution >= 4 is 11.8 Å². The van der Waals surface area contributed by atoms with Crippen molar-refractivity contribution in [3.05, 3.63) is 35.4 Å². The molecule has 0 aliphatic carbocycles. The molecule has 226 valence electrons. The molecule has 0 radical (unpaired) electrons. The Balaban J connectivity index is -0.0000000818. The van der Waals surface area contributed by atoms with E-state index in [0.29, 0.717) is 19.8 Å². The maximum atomic E-state index is 9.82. The number of Topliss-reactive ketones (excluding diaryl/α,β-unsaturated/α-hetero) is 1. The summed E-state index contributed by atoms with van der Waals surface area (Å²) in [5.74, 6) is -0.0440. The topological polar surface area (TPSA) is 128 Å². The predicted molar refractivity (Wildman–Crippen MR) is 161 cm³/mol. The van der Waals surface area contributed by atoms with Crippen LogP contribution in [0.2, 0.25) is 0 Å². The Kier molecular flexibility index (Phi) is 65.9. The van der Waals surface area contributed by atoms with Gasteiger partial charge in [-0.25, -0.2) is 0 Å². The Morgan fingerprint density at radius 3 is 1.26 bits per heavy atom. The summed E-state index contributed by atoms with van der Waals surface area (Å²) in [6.45, 7) is 19.3. The van der Waals surface area contributed by atoms with Crippen molar-refractivity contribution in [2.24, 2.45) is 0 Å². The molecule has 38 heavy (non-hydrogen) atoms. The number of aryl methyl sites for hydroxylation is 2. The average molecular weight is 544 g/mol. The molecule has 7 heteroatoms. The monoisotopic (exact) mass is 543 g/mol. The highest BCUT2D eigenvalue weighted by Crippen LogP contribution is 2.04. The van der Waals surface area contributed by atoms with Gasteiger partial charge in [-0.05, 0) is 65.5 Å². The fourth-order valence-corrected chi connectivity index (χ4v) is 1.92. The highest BCUT2D eigenvalue weighted by atomic mass is 16.5. The van der Waals surface area contributed by atoms with Crippen molar-refractivity contribution in [1.82, 2.24) is 0 Å². The summed E-state index contributed by atoms with van der Waals surface area (Å²) in [6, 6.07) is 10.1. The molecule has 7 nitrogen and oxygen atoms in total. The molecule has 0 aliphatic heterocycles. The summed E-state index contributed by atoms with van der Waals surface area (Å²) >= 11 is 0. The smallest absolute Gasteiger partial charge is 0.302 e. The number of benzene rings is 1. The van der Waals surface area contributed by atoms with E-state index in [1.54, 1.807) is 19.9 Å². The number of aliphatic hydroxyl groups excluding tert-OH is 3. The SMILES string of the molecule is CC#N.CC(C)=O.CCCCCCCCO.CCCCO.CCO.CCOC(C)=O.Cc1ccccc1C. The van der Waals surface area contributed by atoms with Crippen molar-refractivity contribution in [3.8, 4) is 6.07 Å². The lowest BCUT2D eigenvalue weighted by atomic mass is 10.1. The summed E-state index contributed by atoms with van der Waals surface area (Å²) < 4.78 is 4.40. The van der Waals surface area contributed by atoms with Crippen LogP contribution in [0.1, 0.15) is 118 Å². The van der Waals surface area contributed by atoms with E-state index in [1.807, 2.05) is 0 Å². The molecule has 0 aliphatic rings. The maximum absolute atomic E-state index is 9.82. The van der Waals surface area contributed by atoms with E-state index in [1.165, 1.54) is 70.9 Å². The van der Waals surface area contributed by atoms with Crippen molar-refractivity contribution < 1.29 is 29.6 Å². The standard InChI is InChI=1S/C8H18O.C8H10.C4H8O2.C4H10O.C3H6O.C2H3N.C2H6O/c1-2-3-4-5-6-7-8-9;1-7-5-3-4-6-8(7)2;1-3-6-4(2)5;1-2-3-4-5;1-3(2)4;2*1-2-3/h9H,2-8H2,1H3;3-6H,1-2H3;3H2,1-2H3;5H,2-4H2,1H3;1-2H3;1H3;3H,2H2,1H3. The first kappa shape index (κ1) is 48.8. The van der Waals surface area contributed by atoms with Crippen LogP contribution in [0.25, 0.3) is 0 Å². The fourth-order valence-electron chi connectivity index (χ4n) is 1.92. The number of hydrogen-bond donors (Lipinski definition) is 3. The molecule has 0 heterocycles. The van der Waals surface area contributed by atoms with Crippen LogP contribution in [0.15, 0.2) is 24.3 Å². The number of rotatable bonds is 9. The molecule has 0 bridgehead atoms. The molecule has 1 rings (SSSR count). The van der Waals surface area contributed by atoms with E-state index in [-0.39, 0.29) is 18.4 Å². The molecule has 1 aromatic rings. The van der Waals surface area contributed by atoms with E-state index in [0.717, 1.165) is 19.3 Å². The number of hydrogen-bond acceptors (Lipinski definition) is 7. The number of carbonyl (C=O) groups is 2. The Bertz CT molecular complexity index is 567. The number of ether oxygens (including phenoxy) is 1. The molecule has 0 spiro atoms. The minimum absolute atomic E-state index is 0.167. The third-order valence-corrected chi connectivity index (χ3v) is 3.80. The second-order valence-corrected chi connectivity index (χ2v) is 8.03. The summed E-state index contributed by atoms with van der Waals surface area (Å²) in [5.41, 5.74) is 2.74. The van der Waals surface area contributed by atoms with Crippen LogP contribution in [0, 0.1) is 25.2 Å². The van der Waals surface area contributed by atoms with Crippen molar-refractivity contribution in [3.63, 3.8) is 0 Å². The normalized spacial score (nSPS) is 8.00. The third kappa shape index (κ3) is 92.8. The molecule has 0 saturated heterocycles. The summed E-state index contributed by atoms with van der Waals surface area (Å²) in [5, 5.41) is 31.4. The second-order valence-electron chi connectivity index (χ2n) is 8.03. The molecule has 1 aromatic carbocycles. The van der Waals surface area contributed by atoms with Crippen LogP contribution in [0.3, 0.4) is 0 Å². The summed E-state index contributed by atoms with van der Waals surface area (Å²) in [6.07, 6.45) is 9.53. The molecule has 0 amide bonds. The Morgan fingerprint density at radius 2 is 1.08 bits per heavy atom. The lowest BCUT2D eigenvalue weighted by Crippen LogP contribution is -1.95. The Hall–Kier alpha value is -2.27. The number of carbonyl (C=O) groups excluding carboxylic acids is 2. The first-order valence-electron chi connectivity index (χ1n) is 13.7. The zero-order valence-corrected chi connectivity index (χ0v) is 26.3. The van der Waals surface area contributed by atoms with E-state index < -0.39 is 0 Å². The van der Waals surface area contributed by atoms with Gasteiger partial charge in [0.15, 0.2) is 0 Å². The molecule has 0 fully saturated rings. The maximum Gasteiger partial charge on any atom is 0.302 e. The predicted octanol–water partition coefficient (Wildman–Crippen LogP) is 7.11. The molecule has 0 saturated carbocycles. The van der Waals surface area contributed by atoms with Gasteiger partial charge >= 0.3 is 5.97 Å². The van der Waals surface area contributed by atoms with E-state index in [4.69, 9.17) is 20.6 Å². The van der Waals surface area contributed by atoms with Crippen LogP contribution in [0.4, 0.5) is 0 Å². The number of unbranched alkanes of at least 4 members (excludes halogenated alkanes) is 6. The highest BCUT2D eigenvalue weighted by molar-refractivity contribution is 5.72. The number of nitrogens with zero attached hydrogens (tertiary/aromatic N) is 1. The minimum atomic E-state index is -0.211. The van der Waals surface area contributed by atoms with Crippen LogP contribution in [-0.2, 0) is 14.3 Å². The largest absolute Gasteiger partial charge is 0.466 e. The average Bonchev–Trinajstić information content (AvgIpc) is 2.83. The summed E-state index contributed by atoms with van der Waals surface area (Å²) in [4.78, 5) is 19.3. The first-order chi connectivity index (χ1) is 18.0. The molecular weight excluding hydrogens is 482 g/mol. The lowest BCUT2D eigenvalue weighted by Gasteiger charge is -1.95. The second kappa shape index (κ2) is 51.4. The first-order valence-corrected chi connectivity index (χ1v) is 13.7. The highest BCUT2D eigenvalue weighted by Gasteiger charge is 1.86. The van der Waals surface area contributed by atoms with Gasteiger partial charge in [-0.2, -0.15) is 5.26 Å². The molecule has 0 atom stereocenters. The molecule has 0 aromatic heterocycles. The minimum Gasteiger partial charge on any atom is -0.466 e. The van der Waals surface area contributed by atoms with Crippen LogP contribution < -0.4 is 0 Å². The van der Waals surface area contributed by atoms with Gasteiger partial charge in [-0.1, -0.05) is 76.6 Å². The number of aliphatic hydroxyl groups is 3. The fraction of sp³-hybridized carbons (Fsp3) is 0.710. The van der Waals surface area contributed by atoms with Crippen LogP contribution in [0.5, 0.6) is 0 Å². The van der Waals surface area contributed by atoms with Gasteiger partial charge in [-0.15, -0.1) is 0 Å². The van der Waals surface area contributed by atoms with Gasteiger partial charge in [0.05, 0.1) is 12.7 Å². The van der Waals surface area contributed by atoms with E-state index in [2.05, 4.69) is 56.7 Å². The van der Waals surface area contributed by atoms with Gasteiger partial charge in [0, 0.05) is 33.7 Å². The van der Waals surface area contributed by atoms with Gasteiger partial charge in [0.1, 0.15) is 5.78 Å². The van der Waals surface area contributed by atoms with E-state index in [9.17, 15) is 9.59 Å². The van der Waals surface area contributed by atoms with Crippen molar-refractivity contribution in [1.29, 1.82) is 5.26 Å². The molecule has 0 unspecified atom stereocenters. The lowest BCUT2D eigenvalue weighted by molar-refractivity contribution is -0.140. The van der Waals surface area contributed by atoms with Gasteiger partial charge in [-0.3, -0.25) is 4.79 Å². The van der Waals surface area contributed by atoms with Gasteiger partial charge in [0.2, 0.25) is 0 Å². The zero-order chi connectivity index (χ0) is 31.0. The summed E-state index contributed by atoms with van der Waals surface area (Å²) in [7, 11) is 0. The molecule has 3 N–H and O–H groups in total. The van der Waals surface area contributed by atoms with Crippen molar-refractivity contribution in [2.75, 3.05) is 26.4 Å². The number of ketones is 1. The van der Waals surface area contributed by atoms with Gasteiger partial charge < -0.3 is 24.9 Å². The Labute approximate surface area is 235 Å². The third-order valence-electron chi connectivity index (χ3n) is 3.80. The number of esters is 1. The van der Waals surface area contributed by atoms with Crippen molar-refractivity contribution in [2.45, 2.75) is 121 Å². The molecular formula is C31H61NO6. The van der Waals surface area contributed by atoms with Crippen LogP contribution >= 0.6 is 0 Å². The van der Waals surface area contributed by atoms with Crippen LogP contribution in [-0.4, -0.2) is 53.5 Å². The van der Waals surface area contributed by atoms with E-state index >= 15 is 0 Å². The zero-order valence-electron chi connectivity index (χ0n) is 26.3.